The fourth-order valence-electron chi connectivity index (χ4n) is 8.21. The third kappa shape index (κ3) is 3.76. The predicted octanol–water partition coefficient (Wildman–Crippen LogP) is 5.22. The lowest BCUT2D eigenvalue weighted by molar-refractivity contribution is -0.228. The second-order valence-corrected chi connectivity index (χ2v) is 15.2. The Labute approximate surface area is 233 Å². The van der Waals surface area contributed by atoms with Gasteiger partial charge in [0.2, 0.25) is 5.12 Å². The maximum atomic E-state index is 17.4. The normalized spacial score (nSPS) is 46.6. The summed E-state index contributed by atoms with van der Waals surface area (Å²) in [5, 5.41) is 10.9. The van der Waals surface area contributed by atoms with Gasteiger partial charge < -0.3 is 9.84 Å². The highest BCUT2D eigenvalue weighted by Crippen LogP contribution is 2.72. The minimum Gasteiger partial charge on any atom is -0.448 e. The molecule has 0 radical (unpaired) electrons. The van der Waals surface area contributed by atoms with Crippen LogP contribution in [-0.2, 0) is 19.1 Å². The Morgan fingerprint density at radius 2 is 1.89 bits per heavy atom. The molecule has 1 saturated heterocycles. The second-order valence-electron chi connectivity index (χ2n) is 11.6. The number of ketones is 1. The Bertz CT molecular complexity index is 1100. The van der Waals surface area contributed by atoms with Gasteiger partial charge in [-0.2, -0.15) is 0 Å². The Hall–Kier alpha value is -0.910. The Morgan fingerprint density at radius 1 is 1.21 bits per heavy atom. The molecular formula is C27H33F3O5S3. The number of halogens is 3. The van der Waals surface area contributed by atoms with E-state index in [1.807, 2.05) is 0 Å². The zero-order valence-corrected chi connectivity index (χ0v) is 24.0. The standard InChI is InChI=1S/C27H33F3O5S3/c1-14-9-16-17-11-19(29)18-10-15(31)5-6-24(18,2)26(17,30)20(32)12-25(16,3)27(14,23(34)38-13-28)35-21(33)22-36-7-4-8-37-22/h5-6,10,14,16-17,19-20,22,32H,4,7-9,11-13H2,1-3H3/t14?,16-,17-,19?,20?,24-,25-,26?,27?/m0/s1. The molecule has 4 aliphatic carbocycles. The van der Waals surface area contributed by atoms with Crippen molar-refractivity contribution < 1.29 is 37.4 Å². The molecule has 5 aliphatic rings. The molecule has 0 bridgehead atoms. The van der Waals surface area contributed by atoms with Crippen molar-refractivity contribution in [1.29, 1.82) is 0 Å². The number of thioether (sulfide) groups is 3. The number of ether oxygens (including phenoxy) is 1. The number of allylic oxidation sites excluding steroid dienone is 4. The molecular weight excluding hydrogens is 557 g/mol. The van der Waals surface area contributed by atoms with Crippen LogP contribution in [0.5, 0.6) is 0 Å². The van der Waals surface area contributed by atoms with Gasteiger partial charge in [-0.15, -0.1) is 23.5 Å². The first-order chi connectivity index (χ1) is 17.9. The number of carbonyl (C=O) groups is 3. The van der Waals surface area contributed by atoms with Crippen molar-refractivity contribution in [1.82, 2.24) is 0 Å². The lowest BCUT2D eigenvalue weighted by Crippen LogP contribution is -2.70. The van der Waals surface area contributed by atoms with E-state index in [0.29, 0.717) is 11.8 Å². The molecule has 1 heterocycles. The van der Waals surface area contributed by atoms with E-state index in [2.05, 4.69) is 0 Å². The summed E-state index contributed by atoms with van der Waals surface area (Å²) in [7, 11) is 0. The van der Waals surface area contributed by atoms with E-state index in [-0.39, 0.29) is 24.8 Å². The van der Waals surface area contributed by atoms with Gasteiger partial charge in [0.25, 0.3) is 0 Å². The molecule has 0 amide bonds. The third-order valence-electron chi connectivity index (χ3n) is 9.94. The van der Waals surface area contributed by atoms with Crippen LogP contribution in [0.2, 0.25) is 0 Å². The first kappa shape index (κ1) is 28.6. The number of fused-ring (bicyclic) bond motifs is 5. The number of alkyl halides is 3. The first-order valence-corrected chi connectivity index (χ1v) is 16.1. The molecule has 0 aromatic heterocycles. The average Bonchev–Trinajstić information content (AvgIpc) is 3.10. The number of rotatable bonds is 4. The second kappa shape index (κ2) is 9.87. The van der Waals surface area contributed by atoms with Gasteiger partial charge in [-0.3, -0.25) is 9.59 Å². The van der Waals surface area contributed by atoms with Gasteiger partial charge in [-0.05, 0) is 79.5 Å². The van der Waals surface area contributed by atoms with Crippen molar-refractivity contribution in [2.24, 2.45) is 28.6 Å². The van der Waals surface area contributed by atoms with Crippen molar-refractivity contribution in [3.05, 3.63) is 23.8 Å². The van der Waals surface area contributed by atoms with Gasteiger partial charge in [0.05, 0.1) is 6.10 Å². The van der Waals surface area contributed by atoms with E-state index >= 15 is 8.78 Å². The first-order valence-electron chi connectivity index (χ1n) is 13.0. The van der Waals surface area contributed by atoms with Crippen LogP contribution in [0.25, 0.3) is 0 Å². The molecule has 5 unspecified atom stereocenters. The summed E-state index contributed by atoms with van der Waals surface area (Å²) in [4.78, 5) is 39.2. The van der Waals surface area contributed by atoms with Crippen molar-refractivity contribution >= 4 is 52.2 Å². The summed E-state index contributed by atoms with van der Waals surface area (Å²) < 4.78 is 52.3. The van der Waals surface area contributed by atoms with E-state index in [1.165, 1.54) is 42.6 Å². The molecule has 0 aromatic carbocycles. The van der Waals surface area contributed by atoms with Crippen molar-refractivity contribution in [3.8, 4) is 0 Å². The average molecular weight is 591 g/mol. The van der Waals surface area contributed by atoms with E-state index in [0.717, 1.165) is 24.0 Å². The topological polar surface area (TPSA) is 80.7 Å². The third-order valence-corrected chi connectivity index (χ3v) is 13.5. The Morgan fingerprint density at radius 3 is 2.55 bits per heavy atom. The molecule has 5 nitrogen and oxygen atoms in total. The van der Waals surface area contributed by atoms with Crippen molar-refractivity contribution in [2.75, 3.05) is 17.5 Å². The molecule has 4 fully saturated rings. The predicted molar refractivity (Wildman–Crippen MR) is 144 cm³/mol. The summed E-state index contributed by atoms with van der Waals surface area (Å²) in [5.41, 5.74) is -6.90. The van der Waals surface area contributed by atoms with Crippen LogP contribution in [0, 0.1) is 28.6 Å². The highest BCUT2D eigenvalue weighted by molar-refractivity contribution is 8.18. The zero-order chi connectivity index (χ0) is 27.7. The molecule has 1 aliphatic heterocycles. The Balaban J connectivity index is 1.59. The van der Waals surface area contributed by atoms with Gasteiger partial charge in [-0.25, -0.2) is 18.0 Å². The van der Waals surface area contributed by atoms with Crippen LogP contribution >= 0.6 is 35.3 Å². The molecule has 0 aromatic rings. The van der Waals surface area contributed by atoms with Crippen LogP contribution in [0.15, 0.2) is 23.8 Å². The molecule has 0 spiro atoms. The minimum absolute atomic E-state index is 0.0190. The lowest BCUT2D eigenvalue weighted by Gasteiger charge is -2.63. The molecule has 5 rings (SSSR count). The summed E-state index contributed by atoms with van der Waals surface area (Å²) in [6.07, 6.45) is 1.15. The van der Waals surface area contributed by atoms with Crippen molar-refractivity contribution in [2.45, 2.75) is 74.6 Å². The number of esters is 1. The number of carbonyl (C=O) groups excluding carboxylic acids is 3. The van der Waals surface area contributed by atoms with Crippen LogP contribution < -0.4 is 0 Å². The minimum atomic E-state index is -2.31. The molecule has 1 N–H and O–H groups in total. The molecule has 210 valence electrons. The van der Waals surface area contributed by atoms with Gasteiger partial charge in [0.15, 0.2) is 17.1 Å². The molecule has 3 saturated carbocycles. The van der Waals surface area contributed by atoms with Crippen molar-refractivity contribution in [3.63, 3.8) is 0 Å². The van der Waals surface area contributed by atoms with E-state index in [1.54, 1.807) is 13.8 Å². The zero-order valence-electron chi connectivity index (χ0n) is 21.6. The van der Waals surface area contributed by atoms with Crippen LogP contribution in [-0.4, -0.2) is 67.6 Å². The van der Waals surface area contributed by atoms with Gasteiger partial charge in [0, 0.05) is 22.7 Å². The van der Waals surface area contributed by atoms with Crippen LogP contribution in [0.4, 0.5) is 13.2 Å². The summed E-state index contributed by atoms with van der Waals surface area (Å²) in [6.45, 7) is 4.96. The number of hydrogen-bond donors (Lipinski definition) is 1. The van der Waals surface area contributed by atoms with E-state index < -0.39 is 79.6 Å². The molecule has 11 heteroatoms. The van der Waals surface area contributed by atoms with E-state index in [4.69, 9.17) is 4.74 Å². The smallest absolute Gasteiger partial charge is 0.330 e. The number of aliphatic hydroxyl groups is 1. The maximum Gasteiger partial charge on any atom is 0.330 e. The monoisotopic (exact) mass is 590 g/mol. The highest BCUT2D eigenvalue weighted by Gasteiger charge is 2.78. The summed E-state index contributed by atoms with van der Waals surface area (Å²) in [5.74, 6) is -1.71. The van der Waals surface area contributed by atoms with Gasteiger partial charge in [-0.1, -0.05) is 19.9 Å². The number of aliphatic hydroxyl groups excluding tert-OH is 1. The quantitative estimate of drug-likeness (QED) is 0.447. The van der Waals surface area contributed by atoms with Crippen LogP contribution in [0.1, 0.15) is 46.5 Å². The van der Waals surface area contributed by atoms with Crippen LogP contribution in [0.3, 0.4) is 0 Å². The summed E-state index contributed by atoms with van der Waals surface area (Å²) in [6, 6.07) is -1.02. The fraction of sp³-hybridized carbons (Fsp3) is 0.741. The Kier molecular flexibility index (Phi) is 7.43. The molecule has 38 heavy (non-hydrogen) atoms. The highest BCUT2D eigenvalue weighted by atomic mass is 32.2. The van der Waals surface area contributed by atoms with E-state index in [9.17, 15) is 23.9 Å². The van der Waals surface area contributed by atoms with Gasteiger partial charge in [0.1, 0.15) is 16.8 Å². The SMILES string of the molecule is CC1C[C@H]2[C@@H]3CC(F)C4=CC(=O)C=C[C@]4(C)C3(F)C(O)C[C@]2(C)C1(OC(=O)C1SCCCS1)C(=O)SCF. The maximum absolute atomic E-state index is 17.4. The fourth-order valence-corrected chi connectivity index (χ4v) is 11.6. The number of hydrogen-bond acceptors (Lipinski definition) is 8. The van der Waals surface area contributed by atoms with Gasteiger partial charge >= 0.3 is 5.97 Å². The summed E-state index contributed by atoms with van der Waals surface area (Å²) >= 11 is 3.29. The largest absolute Gasteiger partial charge is 0.448 e. The lowest BCUT2D eigenvalue weighted by atomic mass is 9.44. The molecule has 9 atom stereocenters.